The number of hydrogen-bond donors (Lipinski definition) is 0. The average Bonchev–Trinajstić information content (AvgIpc) is 2.21. The fourth-order valence-corrected chi connectivity index (χ4v) is 3.08. The maximum Gasteiger partial charge on any atom is 0.0141 e. The number of nitrogens with zero attached hydrogens (tertiary/aromatic N) is 1. The molecule has 0 N–H and O–H groups in total. The zero-order chi connectivity index (χ0) is 10.6. The molecule has 1 heteroatoms. The first-order valence-corrected chi connectivity index (χ1v) is 6.51. The van der Waals surface area contributed by atoms with Gasteiger partial charge in [-0.1, -0.05) is 33.6 Å². The Balaban J connectivity index is 2.45. The summed E-state index contributed by atoms with van der Waals surface area (Å²) in [6, 6.07) is 1.77. The Morgan fingerprint density at radius 2 is 1.57 bits per heavy atom. The highest BCUT2D eigenvalue weighted by atomic mass is 15.3. The van der Waals surface area contributed by atoms with Crippen LogP contribution in [0.5, 0.6) is 0 Å². The maximum absolute atomic E-state index is 2.73. The van der Waals surface area contributed by atoms with Gasteiger partial charge in [-0.05, 0) is 38.6 Å². The minimum absolute atomic E-state index is 0.853. The summed E-state index contributed by atoms with van der Waals surface area (Å²) in [6.45, 7) is 10.7. The highest BCUT2D eigenvalue weighted by molar-refractivity contribution is 4.97. The van der Waals surface area contributed by atoms with Crippen molar-refractivity contribution in [3.8, 4) is 0 Å². The van der Waals surface area contributed by atoms with Crippen LogP contribution in [0.4, 0.5) is 0 Å². The molecule has 0 aromatic heterocycles. The highest BCUT2D eigenvalue weighted by Crippen LogP contribution is 2.38. The van der Waals surface area contributed by atoms with Crippen molar-refractivity contribution in [3.63, 3.8) is 0 Å². The monoisotopic (exact) mass is 197 g/mol. The number of likely N-dealkylation sites (tertiary alicyclic amines) is 1. The summed E-state index contributed by atoms with van der Waals surface area (Å²) in [7, 11) is 0. The molecule has 84 valence electrons. The van der Waals surface area contributed by atoms with Crippen LogP contribution >= 0.6 is 0 Å². The molecule has 1 heterocycles. The molecule has 0 aromatic rings. The van der Waals surface area contributed by atoms with Crippen LogP contribution < -0.4 is 0 Å². The third-order valence-corrected chi connectivity index (χ3v) is 3.75. The average molecular weight is 197 g/mol. The van der Waals surface area contributed by atoms with E-state index in [9.17, 15) is 0 Å². The zero-order valence-electron chi connectivity index (χ0n) is 10.4. The zero-order valence-corrected chi connectivity index (χ0v) is 10.4. The van der Waals surface area contributed by atoms with Gasteiger partial charge in [-0.3, -0.25) is 4.90 Å². The van der Waals surface area contributed by atoms with Gasteiger partial charge in [-0.2, -0.15) is 0 Å². The summed E-state index contributed by atoms with van der Waals surface area (Å²) in [5.41, 5.74) is 0. The van der Waals surface area contributed by atoms with E-state index in [4.69, 9.17) is 0 Å². The van der Waals surface area contributed by atoms with E-state index in [2.05, 4.69) is 32.6 Å². The van der Waals surface area contributed by atoms with Gasteiger partial charge in [0.2, 0.25) is 0 Å². The van der Waals surface area contributed by atoms with Gasteiger partial charge in [0.1, 0.15) is 0 Å². The van der Waals surface area contributed by atoms with Gasteiger partial charge in [0.25, 0.3) is 0 Å². The van der Waals surface area contributed by atoms with Crippen molar-refractivity contribution < 1.29 is 0 Å². The highest BCUT2D eigenvalue weighted by Gasteiger charge is 2.42. The largest absolute Gasteiger partial charge is 0.297 e. The first-order chi connectivity index (χ1) is 6.76. The van der Waals surface area contributed by atoms with Crippen LogP contribution in [0, 0.1) is 5.92 Å². The van der Waals surface area contributed by atoms with Crippen LogP contribution in [-0.4, -0.2) is 23.5 Å². The molecule has 0 aliphatic carbocycles. The summed E-state index contributed by atoms with van der Waals surface area (Å²) >= 11 is 0. The molecule has 0 spiro atoms. The van der Waals surface area contributed by atoms with E-state index in [1.807, 2.05) is 0 Å². The second-order valence-electron chi connectivity index (χ2n) is 4.79. The van der Waals surface area contributed by atoms with Crippen molar-refractivity contribution in [1.29, 1.82) is 0 Å². The third kappa shape index (κ3) is 2.31. The van der Waals surface area contributed by atoms with Crippen LogP contribution in [0.15, 0.2) is 0 Å². The van der Waals surface area contributed by atoms with Crippen molar-refractivity contribution in [2.75, 3.05) is 6.54 Å². The van der Waals surface area contributed by atoms with Crippen LogP contribution in [-0.2, 0) is 0 Å². The molecule has 0 saturated carbocycles. The Morgan fingerprint density at radius 3 is 2.07 bits per heavy atom. The van der Waals surface area contributed by atoms with Crippen LogP contribution in [0.1, 0.15) is 59.8 Å². The van der Waals surface area contributed by atoms with Gasteiger partial charge < -0.3 is 0 Å². The van der Waals surface area contributed by atoms with Gasteiger partial charge in [0, 0.05) is 12.1 Å². The lowest BCUT2D eigenvalue weighted by molar-refractivity contribution is -0.0555. The summed E-state index contributed by atoms with van der Waals surface area (Å²) in [4.78, 5) is 2.73. The van der Waals surface area contributed by atoms with Crippen molar-refractivity contribution in [3.05, 3.63) is 0 Å². The molecule has 1 nitrogen and oxygen atoms in total. The van der Waals surface area contributed by atoms with Crippen molar-refractivity contribution >= 4 is 0 Å². The molecule has 1 aliphatic heterocycles. The van der Waals surface area contributed by atoms with Crippen LogP contribution in [0.25, 0.3) is 0 Å². The standard InChI is InChI=1S/C13H27N/c1-5-8-12-11(4)14(10-7-3)13(12)9-6-2/h11-13H,5-10H2,1-4H3/t11-,12?,13?/m1/s1. The molecule has 1 rings (SSSR count). The van der Waals surface area contributed by atoms with Gasteiger partial charge in [-0.25, -0.2) is 0 Å². The smallest absolute Gasteiger partial charge is 0.0141 e. The number of hydrogen-bond acceptors (Lipinski definition) is 1. The summed E-state index contributed by atoms with van der Waals surface area (Å²) < 4.78 is 0. The first kappa shape index (κ1) is 12.0. The Morgan fingerprint density at radius 1 is 0.929 bits per heavy atom. The minimum Gasteiger partial charge on any atom is -0.297 e. The molecule has 1 saturated heterocycles. The number of rotatable bonds is 6. The van der Waals surface area contributed by atoms with Crippen molar-refractivity contribution in [2.24, 2.45) is 5.92 Å². The second-order valence-corrected chi connectivity index (χ2v) is 4.79. The second kappa shape index (κ2) is 5.75. The molecule has 1 aliphatic rings. The summed E-state index contributed by atoms with van der Waals surface area (Å²) in [6.07, 6.45) is 6.86. The Hall–Kier alpha value is -0.0400. The molecule has 0 amide bonds. The van der Waals surface area contributed by atoms with E-state index < -0.39 is 0 Å². The Kier molecular flexibility index (Phi) is 4.94. The fourth-order valence-electron chi connectivity index (χ4n) is 3.08. The molecular weight excluding hydrogens is 170 g/mol. The normalized spacial score (nSPS) is 33.0. The molecule has 3 atom stereocenters. The Labute approximate surface area is 89.9 Å². The van der Waals surface area contributed by atoms with E-state index in [0.717, 1.165) is 18.0 Å². The summed E-state index contributed by atoms with van der Waals surface area (Å²) in [5, 5.41) is 0. The topological polar surface area (TPSA) is 3.24 Å². The predicted octanol–water partition coefficient (Wildman–Crippen LogP) is 3.69. The lowest BCUT2D eigenvalue weighted by Gasteiger charge is -2.55. The van der Waals surface area contributed by atoms with Gasteiger partial charge in [0.05, 0.1) is 0 Å². The van der Waals surface area contributed by atoms with Crippen LogP contribution in [0.2, 0.25) is 0 Å². The predicted molar refractivity (Wildman–Crippen MR) is 63.6 cm³/mol. The van der Waals surface area contributed by atoms with E-state index >= 15 is 0 Å². The molecule has 0 bridgehead atoms. The molecule has 14 heavy (non-hydrogen) atoms. The SMILES string of the molecule is CCCC1C(CCC)N(CCC)[C@@H]1C. The van der Waals surface area contributed by atoms with E-state index in [0.29, 0.717) is 0 Å². The van der Waals surface area contributed by atoms with E-state index in [1.54, 1.807) is 0 Å². The third-order valence-electron chi connectivity index (χ3n) is 3.75. The molecular formula is C13H27N. The molecule has 1 fully saturated rings. The van der Waals surface area contributed by atoms with Crippen molar-refractivity contribution in [2.45, 2.75) is 71.9 Å². The lowest BCUT2D eigenvalue weighted by Crippen LogP contribution is -2.62. The van der Waals surface area contributed by atoms with Gasteiger partial charge >= 0.3 is 0 Å². The first-order valence-electron chi connectivity index (χ1n) is 6.51. The van der Waals surface area contributed by atoms with E-state index in [-0.39, 0.29) is 0 Å². The quantitative estimate of drug-likeness (QED) is 0.628. The van der Waals surface area contributed by atoms with Crippen LogP contribution in [0.3, 0.4) is 0 Å². The Bertz CT molecular complexity index is 141. The maximum atomic E-state index is 2.73. The molecule has 2 unspecified atom stereocenters. The molecule has 0 radical (unpaired) electrons. The minimum atomic E-state index is 0.853. The van der Waals surface area contributed by atoms with Gasteiger partial charge in [-0.15, -0.1) is 0 Å². The molecule has 0 aromatic carbocycles. The fraction of sp³-hybridized carbons (Fsp3) is 1.00. The lowest BCUT2D eigenvalue weighted by atomic mass is 9.75. The van der Waals surface area contributed by atoms with Crippen molar-refractivity contribution in [1.82, 2.24) is 4.90 Å². The van der Waals surface area contributed by atoms with Gasteiger partial charge in [0.15, 0.2) is 0 Å². The summed E-state index contributed by atoms with van der Waals surface area (Å²) in [5.74, 6) is 0.992. The van der Waals surface area contributed by atoms with E-state index in [1.165, 1.54) is 38.6 Å².